The summed E-state index contributed by atoms with van der Waals surface area (Å²) in [5.74, 6) is 0.184. The minimum absolute atomic E-state index is 0.132. The van der Waals surface area contributed by atoms with Crippen molar-refractivity contribution in [3.05, 3.63) is 60.2 Å². The summed E-state index contributed by atoms with van der Waals surface area (Å²) in [6.45, 7) is 6.65. The number of para-hydroxylation sites is 1. The van der Waals surface area contributed by atoms with Gasteiger partial charge in [0.25, 0.3) is 0 Å². The third-order valence-corrected chi connectivity index (χ3v) is 5.98. The van der Waals surface area contributed by atoms with Crippen molar-refractivity contribution >= 4 is 23.2 Å². The fourth-order valence-corrected chi connectivity index (χ4v) is 4.35. The smallest absolute Gasteiger partial charge is 0.165 e. The number of carbonyl (C=O) groups excluding carboxylic acids is 1. The van der Waals surface area contributed by atoms with E-state index in [4.69, 9.17) is 4.84 Å². The van der Waals surface area contributed by atoms with Gasteiger partial charge in [-0.05, 0) is 48.1 Å². The first-order valence-electron chi connectivity index (χ1n) is 9.20. The molecule has 4 heteroatoms. The van der Waals surface area contributed by atoms with Gasteiger partial charge >= 0.3 is 0 Å². The molecule has 1 saturated carbocycles. The largest absolute Gasteiger partial charge is 0.297 e. The summed E-state index contributed by atoms with van der Waals surface area (Å²) >= 11 is 1.75. The predicted octanol–water partition coefficient (Wildman–Crippen LogP) is 5.61. The van der Waals surface area contributed by atoms with E-state index < -0.39 is 6.10 Å². The molecular formula is C22H27NO2S. The Morgan fingerprint density at radius 3 is 2.38 bits per heavy atom. The Hall–Kier alpha value is -1.78. The minimum atomic E-state index is -0.420. The zero-order chi connectivity index (χ0) is 18.6. The van der Waals surface area contributed by atoms with Gasteiger partial charge in [0.15, 0.2) is 11.9 Å². The van der Waals surface area contributed by atoms with Crippen LogP contribution in [0.3, 0.4) is 0 Å². The molecule has 138 valence electrons. The summed E-state index contributed by atoms with van der Waals surface area (Å²) in [7, 11) is 0. The van der Waals surface area contributed by atoms with Crippen LogP contribution < -0.4 is 5.48 Å². The number of carbonyl (C=O) groups is 1. The van der Waals surface area contributed by atoms with Crippen LogP contribution in [0.4, 0.5) is 5.69 Å². The Bertz CT molecular complexity index is 722. The summed E-state index contributed by atoms with van der Waals surface area (Å²) in [4.78, 5) is 19.4. The molecule has 0 radical (unpaired) electrons. The molecule has 0 bridgehead atoms. The van der Waals surface area contributed by atoms with Crippen molar-refractivity contribution in [1.82, 2.24) is 0 Å². The predicted molar refractivity (Wildman–Crippen MR) is 109 cm³/mol. The van der Waals surface area contributed by atoms with E-state index in [-0.39, 0.29) is 16.4 Å². The van der Waals surface area contributed by atoms with Gasteiger partial charge in [0, 0.05) is 16.6 Å². The van der Waals surface area contributed by atoms with Crippen molar-refractivity contribution in [2.24, 2.45) is 0 Å². The molecule has 2 atom stereocenters. The molecule has 3 nitrogen and oxygen atoms in total. The first-order chi connectivity index (χ1) is 12.4. The monoisotopic (exact) mass is 369 g/mol. The van der Waals surface area contributed by atoms with E-state index in [1.54, 1.807) is 11.8 Å². The molecule has 0 aliphatic heterocycles. The fourth-order valence-electron chi connectivity index (χ4n) is 3.09. The van der Waals surface area contributed by atoms with Crippen LogP contribution in [0.5, 0.6) is 0 Å². The van der Waals surface area contributed by atoms with E-state index in [0.29, 0.717) is 6.42 Å². The lowest BCUT2D eigenvalue weighted by atomic mass is 9.87. The third-order valence-electron chi connectivity index (χ3n) is 4.65. The maximum atomic E-state index is 12.4. The van der Waals surface area contributed by atoms with Gasteiger partial charge in [-0.3, -0.25) is 15.1 Å². The number of hydrogen-bond donors (Lipinski definition) is 1. The summed E-state index contributed by atoms with van der Waals surface area (Å²) in [5.41, 5.74) is 5.29. The summed E-state index contributed by atoms with van der Waals surface area (Å²) in [6.07, 6.45) is 2.10. The van der Waals surface area contributed by atoms with Gasteiger partial charge in [0.2, 0.25) is 0 Å². The molecule has 1 aliphatic rings. The summed E-state index contributed by atoms with van der Waals surface area (Å²) < 4.78 is 0. The lowest BCUT2D eigenvalue weighted by Crippen LogP contribution is -2.39. The second-order valence-corrected chi connectivity index (χ2v) is 9.11. The zero-order valence-electron chi connectivity index (χ0n) is 15.7. The average Bonchev–Trinajstić information content (AvgIpc) is 2.62. The molecule has 0 spiro atoms. The Morgan fingerprint density at radius 1 is 1.04 bits per heavy atom. The van der Waals surface area contributed by atoms with E-state index in [1.165, 1.54) is 10.5 Å². The number of benzene rings is 2. The molecule has 1 fully saturated rings. The SMILES string of the molecule is CC(C)(C)c1ccc(S[C@H]2CCCC(=O)[C@@H]2ONc2ccccc2)cc1. The van der Waals surface area contributed by atoms with E-state index >= 15 is 0 Å². The number of rotatable bonds is 5. The molecule has 1 N–H and O–H groups in total. The number of thioether (sulfide) groups is 1. The van der Waals surface area contributed by atoms with Crippen molar-refractivity contribution in [3.8, 4) is 0 Å². The van der Waals surface area contributed by atoms with Crippen LogP contribution in [0, 0.1) is 0 Å². The maximum Gasteiger partial charge on any atom is 0.165 e. The highest BCUT2D eigenvalue weighted by Gasteiger charge is 2.34. The molecular weight excluding hydrogens is 342 g/mol. The van der Waals surface area contributed by atoms with E-state index in [1.807, 2.05) is 30.3 Å². The first-order valence-corrected chi connectivity index (χ1v) is 10.1. The molecule has 1 aliphatic carbocycles. The van der Waals surface area contributed by atoms with Crippen molar-refractivity contribution in [2.45, 2.75) is 61.7 Å². The lowest BCUT2D eigenvalue weighted by Gasteiger charge is -2.29. The molecule has 26 heavy (non-hydrogen) atoms. The number of hydrogen-bond acceptors (Lipinski definition) is 4. The summed E-state index contributed by atoms with van der Waals surface area (Å²) in [6, 6.07) is 18.4. The molecule has 3 rings (SSSR count). The van der Waals surface area contributed by atoms with Crippen LogP contribution in [0.15, 0.2) is 59.5 Å². The second-order valence-electron chi connectivity index (χ2n) is 7.80. The third kappa shape index (κ3) is 4.89. The summed E-state index contributed by atoms with van der Waals surface area (Å²) in [5, 5.41) is 0.132. The molecule has 0 unspecified atom stereocenters. The van der Waals surface area contributed by atoms with Crippen LogP contribution in [-0.2, 0) is 15.0 Å². The van der Waals surface area contributed by atoms with Crippen LogP contribution in [0.1, 0.15) is 45.6 Å². The van der Waals surface area contributed by atoms with Crippen molar-refractivity contribution in [2.75, 3.05) is 5.48 Å². The number of Topliss-reactive ketones (excluding diaryl/α,β-unsaturated/α-hetero) is 1. The van der Waals surface area contributed by atoms with Crippen LogP contribution in [-0.4, -0.2) is 17.1 Å². The molecule has 0 aromatic heterocycles. The molecule has 0 amide bonds. The van der Waals surface area contributed by atoms with E-state index in [2.05, 4.69) is 50.5 Å². The highest BCUT2D eigenvalue weighted by molar-refractivity contribution is 8.00. The van der Waals surface area contributed by atoms with E-state index in [9.17, 15) is 4.79 Å². The number of ketones is 1. The van der Waals surface area contributed by atoms with Crippen LogP contribution in [0.25, 0.3) is 0 Å². The molecule has 0 saturated heterocycles. The number of anilines is 1. The topological polar surface area (TPSA) is 38.3 Å². The second kappa shape index (κ2) is 8.28. The maximum absolute atomic E-state index is 12.4. The Balaban J connectivity index is 1.67. The molecule has 2 aromatic rings. The lowest BCUT2D eigenvalue weighted by molar-refractivity contribution is -0.130. The van der Waals surface area contributed by atoms with Gasteiger partial charge in [-0.15, -0.1) is 11.8 Å². The molecule has 2 aromatic carbocycles. The van der Waals surface area contributed by atoms with Gasteiger partial charge < -0.3 is 0 Å². The van der Waals surface area contributed by atoms with Gasteiger partial charge in [0.05, 0.1) is 5.69 Å². The average molecular weight is 370 g/mol. The number of nitrogens with one attached hydrogen (secondary N) is 1. The van der Waals surface area contributed by atoms with Gasteiger partial charge in [-0.2, -0.15) is 0 Å². The Labute approximate surface area is 160 Å². The normalized spacial score (nSPS) is 20.8. The van der Waals surface area contributed by atoms with Gasteiger partial charge in [0.1, 0.15) is 0 Å². The first kappa shape index (κ1) is 19.0. The van der Waals surface area contributed by atoms with Crippen LogP contribution >= 0.6 is 11.8 Å². The highest BCUT2D eigenvalue weighted by atomic mass is 32.2. The Kier molecular flexibility index (Phi) is 6.05. The van der Waals surface area contributed by atoms with E-state index in [0.717, 1.165) is 18.5 Å². The minimum Gasteiger partial charge on any atom is -0.297 e. The van der Waals surface area contributed by atoms with Gasteiger partial charge in [-0.25, -0.2) is 0 Å². The molecule has 0 heterocycles. The zero-order valence-corrected chi connectivity index (χ0v) is 16.5. The van der Waals surface area contributed by atoms with Crippen molar-refractivity contribution in [3.63, 3.8) is 0 Å². The fraction of sp³-hybridized carbons (Fsp3) is 0.409. The van der Waals surface area contributed by atoms with Crippen LogP contribution in [0.2, 0.25) is 0 Å². The Morgan fingerprint density at radius 2 is 1.73 bits per heavy atom. The van der Waals surface area contributed by atoms with Gasteiger partial charge in [-0.1, -0.05) is 51.1 Å². The quantitative estimate of drug-likeness (QED) is 0.695. The highest BCUT2D eigenvalue weighted by Crippen LogP contribution is 2.35. The van der Waals surface area contributed by atoms with Crippen molar-refractivity contribution < 1.29 is 9.63 Å². The standard InChI is InChI=1S/C22H27NO2S/c1-22(2,3)16-12-14-18(15-13-16)26-20-11-7-10-19(24)21(20)25-23-17-8-5-4-6-9-17/h4-6,8-9,12-15,20-21,23H,7,10-11H2,1-3H3/t20-,21-/m0/s1. The van der Waals surface area contributed by atoms with Crippen molar-refractivity contribution in [1.29, 1.82) is 0 Å².